The highest BCUT2D eigenvalue weighted by Crippen LogP contribution is 2.28. The average molecular weight is 271 g/mol. The van der Waals surface area contributed by atoms with E-state index in [0.29, 0.717) is 0 Å². The third kappa shape index (κ3) is 2.78. The van der Waals surface area contributed by atoms with Crippen molar-refractivity contribution >= 4 is 0 Å². The number of hydrogen-bond donors (Lipinski definition) is 1. The Morgan fingerprint density at radius 2 is 1.70 bits per heavy atom. The van der Waals surface area contributed by atoms with E-state index in [2.05, 4.69) is 63.4 Å². The van der Waals surface area contributed by atoms with Crippen LogP contribution in [0.25, 0.3) is 0 Å². The van der Waals surface area contributed by atoms with Crippen molar-refractivity contribution in [1.29, 1.82) is 0 Å². The molecule has 20 heavy (non-hydrogen) atoms. The van der Waals surface area contributed by atoms with Crippen LogP contribution >= 0.6 is 0 Å². The Kier molecular flexibility index (Phi) is 4.29. The zero-order valence-corrected chi connectivity index (χ0v) is 13.4. The molecule has 2 rings (SSSR count). The van der Waals surface area contributed by atoms with Crippen molar-refractivity contribution in [3.05, 3.63) is 51.8 Å². The molecule has 0 fully saturated rings. The zero-order valence-electron chi connectivity index (χ0n) is 13.4. The van der Waals surface area contributed by atoms with Gasteiger partial charge in [-0.25, -0.2) is 0 Å². The van der Waals surface area contributed by atoms with Crippen molar-refractivity contribution in [3.8, 4) is 0 Å². The van der Waals surface area contributed by atoms with E-state index in [0.717, 1.165) is 12.2 Å². The summed E-state index contributed by atoms with van der Waals surface area (Å²) in [6.07, 6.45) is 2.12. The van der Waals surface area contributed by atoms with Crippen molar-refractivity contribution in [2.75, 3.05) is 6.54 Å². The van der Waals surface area contributed by atoms with Crippen molar-refractivity contribution in [2.45, 2.75) is 40.7 Å². The van der Waals surface area contributed by atoms with Crippen LogP contribution in [0, 0.1) is 27.7 Å². The topological polar surface area (TPSA) is 29.9 Å². The molecule has 0 aliphatic heterocycles. The van der Waals surface area contributed by atoms with E-state index in [1.807, 2.05) is 11.7 Å². The molecule has 1 aromatic heterocycles. The summed E-state index contributed by atoms with van der Waals surface area (Å²) >= 11 is 0. The standard InChI is InChI=1S/C17H25N3/c1-7-18-17(16-10-20(6)19-14(16)5)15-9-12(3)11(2)8-13(15)4/h8-10,17-18H,7H2,1-6H3. The monoisotopic (exact) mass is 271 g/mol. The van der Waals surface area contributed by atoms with Crippen LogP contribution in [0.2, 0.25) is 0 Å². The lowest BCUT2D eigenvalue weighted by Gasteiger charge is -2.21. The highest BCUT2D eigenvalue weighted by Gasteiger charge is 2.20. The minimum Gasteiger partial charge on any atom is -0.306 e. The first-order valence-corrected chi connectivity index (χ1v) is 7.25. The fourth-order valence-corrected chi connectivity index (χ4v) is 2.79. The Labute approximate surface area is 122 Å². The maximum Gasteiger partial charge on any atom is 0.0644 e. The number of hydrogen-bond acceptors (Lipinski definition) is 2. The van der Waals surface area contributed by atoms with E-state index in [1.54, 1.807) is 0 Å². The summed E-state index contributed by atoms with van der Waals surface area (Å²) in [4.78, 5) is 0. The van der Waals surface area contributed by atoms with Crippen LogP contribution in [0.15, 0.2) is 18.3 Å². The van der Waals surface area contributed by atoms with E-state index in [1.165, 1.54) is 27.8 Å². The van der Waals surface area contributed by atoms with Crippen LogP contribution in [0.3, 0.4) is 0 Å². The molecular formula is C17H25N3. The van der Waals surface area contributed by atoms with Gasteiger partial charge < -0.3 is 5.32 Å². The Morgan fingerprint density at radius 1 is 1.05 bits per heavy atom. The molecule has 0 saturated heterocycles. The SMILES string of the molecule is CCNC(c1cc(C)c(C)cc1C)c1cn(C)nc1C. The van der Waals surface area contributed by atoms with Gasteiger partial charge in [-0.15, -0.1) is 0 Å². The molecule has 0 spiro atoms. The van der Waals surface area contributed by atoms with Crippen LogP contribution in [-0.2, 0) is 7.05 Å². The summed E-state index contributed by atoms with van der Waals surface area (Å²) in [5.41, 5.74) is 7.74. The van der Waals surface area contributed by atoms with Gasteiger partial charge in [-0.2, -0.15) is 5.10 Å². The van der Waals surface area contributed by atoms with Gasteiger partial charge in [0.25, 0.3) is 0 Å². The van der Waals surface area contributed by atoms with Crippen molar-refractivity contribution in [1.82, 2.24) is 15.1 Å². The number of aromatic nitrogens is 2. The second-order valence-corrected chi connectivity index (χ2v) is 5.63. The van der Waals surface area contributed by atoms with E-state index in [9.17, 15) is 0 Å². The number of aryl methyl sites for hydroxylation is 5. The molecular weight excluding hydrogens is 246 g/mol. The minimum atomic E-state index is 0.216. The summed E-state index contributed by atoms with van der Waals surface area (Å²) in [5, 5.41) is 8.09. The van der Waals surface area contributed by atoms with E-state index in [4.69, 9.17) is 0 Å². The Balaban J connectivity index is 2.54. The van der Waals surface area contributed by atoms with E-state index >= 15 is 0 Å². The van der Waals surface area contributed by atoms with Gasteiger partial charge in [0.2, 0.25) is 0 Å². The third-order valence-electron chi connectivity index (χ3n) is 3.96. The normalized spacial score (nSPS) is 12.7. The lowest BCUT2D eigenvalue weighted by molar-refractivity contribution is 0.624. The minimum absolute atomic E-state index is 0.216. The highest BCUT2D eigenvalue weighted by atomic mass is 15.3. The Morgan fingerprint density at radius 3 is 2.25 bits per heavy atom. The molecule has 1 unspecified atom stereocenters. The van der Waals surface area contributed by atoms with Gasteiger partial charge in [0.15, 0.2) is 0 Å². The molecule has 1 atom stereocenters. The smallest absolute Gasteiger partial charge is 0.0644 e. The average Bonchev–Trinajstić information content (AvgIpc) is 2.70. The lowest BCUT2D eigenvalue weighted by Crippen LogP contribution is -2.23. The first-order valence-electron chi connectivity index (χ1n) is 7.25. The summed E-state index contributed by atoms with van der Waals surface area (Å²) in [6, 6.07) is 4.80. The van der Waals surface area contributed by atoms with Gasteiger partial charge in [-0.3, -0.25) is 4.68 Å². The predicted molar refractivity (Wildman–Crippen MR) is 84.1 cm³/mol. The number of nitrogens with zero attached hydrogens (tertiary/aromatic N) is 2. The predicted octanol–water partition coefficient (Wildman–Crippen LogP) is 3.35. The van der Waals surface area contributed by atoms with Crippen molar-refractivity contribution in [2.24, 2.45) is 7.05 Å². The van der Waals surface area contributed by atoms with Crippen LogP contribution in [0.5, 0.6) is 0 Å². The fourth-order valence-electron chi connectivity index (χ4n) is 2.79. The van der Waals surface area contributed by atoms with Crippen molar-refractivity contribution < 1.29 is 0 Å². The van der Waals surface area contributed by atoms with Crippen LogP contribution in [0.1, 0.15) is 46.5 Å². The molecule has 0 aliphatic rings. The maximum atomic E-state index is 4.49. The third-order valence-corrected chi connectivity index (χ3v) is 3.96. The van der Waals surface area contributed by atoms with Crippen molar-refractivity contribution in [3.63, 3.8) is 0 Å². The first kappa shape index (κ1) is 14.8. The van der Waals surface area contributed by atoms with E-state index < -0.39 is 0 Å². The second-order valence-electron chi connectivity index (χ2n) is 5.63. The summed E-state index contributed by atoms with van der Waals surface area (Å²) in [5.74, 6) is 0. The number of nitrogens with one attached hydrogen (secondary N) is 1. The summed E-state index contributed by atoms with van der Waals surface area (Å²) < 4.78 is 1.89. The second kappa shape index (κ2) is 5.80. The summed E-state index contributed by atoms with van der Waals surface area (Å²) in [7, 11) is 1.98. The number of benzene rings is 1. The largest absolute Gasteiger partial charge is 0.306 e. The molecule has 0 saturated carbocycles. The quantitative estimate of drug-likeness (QED) is 0.924. The van der Waals surface area contributed by atoms with Gasteiger partial charge in [-0.05, 0) is 56.5 Å². The van der Waals surface area contributed by atoms with Gasteiger partial charge in [0.1, 0.15) is 0 Å². The molecule has 2 aromatic rings. The molecule has 3 nitrogen and oxygen atoms in total. The zero-order chi connectivity index (χ0) is 14.9. The fraction of sp³-hybridized carbons (Fsp3) is 0.471. The van der Waals surface area contributed by atoms with Gasteiger partial charge >= 0.3 is 0 Å². The van der Waals surface area contributed by atoms with Gasteiger partial charge in [0, 0.05) is 18.8 Å². The molecule has 0 bridgehead atoms. The maximum absolute atomic E-state index is 4.49. The van der Waals surface area contributed by atoms with Crippen LogP contribution in [-0.4, -0.2) is 16.3 Å². The first-order chi connectivity index (χ1) is 9.43. The Hall–Kier alpha value is -1.61. The Bertz CT molecular complexity index is 611. The van der Waals surface area contributed by atoms with Gasteiger partial charge in [0.05, 0.1) is 11.7 Å². The molecule has 1 heterocycles. The number of rotatable bonds is 4. The summed E-state index contributed by atoms with van der Waals surface area (Å²) in [6.45, 7) is 11.7. The van der Waals surface area contributed by atoms with Gasteiger partial charge in [-0.1, -0.05) is 19.1 Å². The van der Waals surface area contributed by atoms with Crippen LogP contribution in [0.4, 0.5) is 0 Å². The molecule has 1 N–H and O–H groups in total. The molecule has 3 heteroatoms. The van der Waals surface area contributed by atoms with E-state index in [-0.39, 0.29) is 6.04 Å². The highest BCUT2D eigenvalue weighted by molar-refractivity contribution is 5.42. The molecule has 0 amide bonds. The molecule has 1 aromatic carbocycles. The molecule has 0 radical (unpaired) electrons. The molecule has 108 valence electrons. The van der Waals surface area contributed by atoms with Crippen LogP contribution < -0.4 is 5.32 Å². The molecule has 0 aliphatic carbocycles. The lowest BCUT2D eigenvalue weighted by atomic mass is 9.92.